The number of nitrogens with one attached hydrogen (secondary N) is 1. The number of imidazole rings is 1. The van der Waals surface area contributed by atoms with E-state index in [0.717, 1.165) is 0 Å². The summed E-state index contributed by atoms with van der Waals surface area (Å²) in [6.07, 6.45) is 0.703. The lowest BCUT2D eigenvalue weighted by atomic mass is 10.1. The highest BCUT2D eigenvalue weighted by molar-refractivity contribution is 6.18. The molecule has 0 aliphatic carbocycles. The Hall–Kier alpha value is -4.14. The van der Waals surface area contributed by atoms with Crippen molar-refractivity contribution in [2.24, 2.45) is 0 Å². The second-order valence-electron chi connectivity index (χ2n) is 9.69. The van der Waals surface area contributed by atoms with E-state index in [-0.39, 0.29) is 36.9 Å². The molecule has 0 unspecified atom stereocenters. The van der Waals surface area contributed by atoms with E-state index in [1.165, 1.54) is 30.6 Å². The highest BCUT2D eigenvalue weighted by atomic mass is 19.1. The molecule has 0 saturated carbocycles. The molecule has 3 N–H and O–H groups in total. The van der Waals surface area contributed by atoms with Gasteiger partial charge in [0, 0.05) is 6.54 Å². The number of nitrogens with zero attached hydrogens (tertiary/aromatic N) is 4. The fourth-order valence-corrected chi connectivity index (χ4v) is 4.92. The van der Waals surface area contributed by atoms with Crippen LogP contribution in [0.1, 0.15) is 25.6 Å². The van der Waals surface area contributed by atoms with E-state index in [2.05, 4.69) is 20.3 Å². The summed E-state index contributed by atoms with van der Waals surface area (Å²) in [5.41, 5.74) is 7.44. The molecular formula is C25H25FN6O7. The van der Waals surface area contributed by atoms with Crippen LogP contribution in [-0.2, 0) is 33.3 Å². The minimum absolute atomic E-state index is 0.0996. The molecule has 3 aliphatic rings. The second-order valence-corrected chi connectivity index (χ2v) is 9.69. The molecule has 14 heteroatoms. The first-order valence-corrected chi connectivity index (χ1v) is 12.2. The number of carbonyl (C=O) groups is 2. The van der Waals surface area contributed by atoms with Gasteiger partial charge in [-0.3, -0.25) is 9.36 Å². The number of nitrogens with two attached hydrogens (primary N) is 1. The number of halogens is 1. The van der Waals surface area contributed by atoms with Gasteiger partial charge in [0.1, 0.15) is 53.9 Å². The Labute approximate surface area is 221 Å². The van der Waals surface area contributed by atoms with Gasteiger partial charge in [-0.05, 0) is 31.5 Å². The van der Waals surface area contributed by atoms with E-state index in [1.807, 2.05) is 0 Å². The van der Waals surface area contributed by atoms with Crippen LogP contribution in [0.15, 0.2) is 42.7 Å². The molecule has 13 nitrogen and oxygen atoms in total. The van der Waals surface area contributed by atoms with Crippen molar-refractivity contribution in [2.75, 3.05) is 25.5 Å². The topological polar surface area (TPSA) is 162 Å². The number of hydrogen-bond acceptors (Lipinski definition) is 11. The van der Waals surface area contributed by atoms with Gasteiger partial charge in [0.15, 0.2) is 30.1 Å². The first-order valence-electron chi connectivity index (χ1n) is 12.2. The molecule has 6 rings (SSSR count). The normalized spacial score (nSPS) is 25.7. The van der Waals surface area contributed by atoms with E-state index < -0.39 is 48.0 Å². The van der Waals surface area contributed by atoms with Crippen LogP contribution in [-0.4, -0.2) is 75.3 Å². The third-order valence-corrected chi connectivity index (χ3v) is 6.61. The van der Waals surface area contributed by atoms with Gasteiger partial charge in [0.05, 0.1) is 6.33 Å². The SMILES string of the molecule is CC1(C)O[C@@H]2[C@H](O1)[C@@H](CNC(=O)COC1=C(c3ccc(F)cc3)C(=O)OC1)O[C@H]2n1cnc2c(N)ncnc21. The van der Waals surface area contributed by atoms with E-state index in [1.54, 1.807) is 24.7 Å². The molecule has 39 heavy (non-hydrogen) atoms. The molecule has 2 fully saturated rings. The summed E-state index contributed by atoms with van der Waals surface area (Å²) in [6, 6.07) is 5.34. The summed E-state index contributed by atoms with van der Waals surface area (Å²) in [5.74, 6) is -1.92. The van der Waals surface area contributed by atoms with Gasteiger partial charge < -0.3 is 34.7 Å². The van der Waals surface area contributed by atoms with Crippen LogP contribution in [0.4, 0.5) is 10.2 Å². The van der Waals surface area contributed by atoms with Gasteiger partial charge >= 0.3 is 5.97 Å². The summed E-state index contributed by atoms with van der Waals surface area (Å²) >= 11 is 0. The Morgan fingerprint density at radius 1 is 1.21 bits per heavy atom. The van der Waals surface area contributed by atoms with Gasteiger partial charge in [-0.25, -0.2) is 24.1 Å². The van der Waals surface area contributed by atoms with Crippen molar-refractivity contribution in [3.8, 4) is 0 Å². The van der Waals surface area contributed by atoms with Crippen molar-refractivity contribution in [3.63, 3.8) is 0 Å². The van der Waals surface area contributed by atoms with Crippen molar-refractivity contribution in [3.05, 3.63) is 54.1 Å². The summed E-state index contributed by atoms with van der Waals surface area (Å²) in [5, 5.41) is 2.78. The van der Waals surface area contributed by atoms with Crippen molar-refractivity contribution < 1.29 is 37.7 Å². The molecule has 204 valence electrons. The zero-order valence-corrected chi connectivity index (χ0v) is 21.0. The Balaban J connectivity index is 1.13. The summed E-state index contributed by atoms with van der Waals surface area (Å²) < 4.78 is 44.1. The van der Waals surface area contributed by atoms with Crippen molar-refractivity contribution in [1.82, 2.24) is 24.8 Å². The lowest BCUT2D eigenvalue weighted by molar-refractivity contribution is -0.195. The smallest absolute Gasteiger partial charge is 0.342 e. The fourth-order valence-electron chi connectivity index (χ4n) is 4.92. The molecule has 0 spiro atoms. The maximum absolute atomic E-state index is 13.3. The predicted octanol–water partition coefficient (Wildman–Crippen LogP) is 1.07. The van der Waals surface area contributed by atoms with Crippen LogP contribution >= 0.6 is 0 Å². The van der Waals surface area contributed by atoms with Crippen LogP contribution in [0, 0.1) is 5.82 Å². The first kappa shape index (κ1) is 25.2. The third-order valence-electron chi connectivity index (χ3n) is 6.61. The van der Waals surface area contributed by atoms with E-state index in [4.69, 9.17) is 29.4 Å². The highest BCUT2D eigenvalue weighted by Gasteiger charge is 2.56. The predicted molar refractivity (Wildman–Crippen MR) is 131 cm³/mol. The number of benzene rings is 1. The number of aromatic nitrogens is 4. The minimum atomic E-state index is -0.870. The lowest BCUT2D eigenvalue weighted by Crippen LogP contribution is -2.41. The fraction of sp³-hybridized carbons (Fsp3) is 0.400. The molecule has 0 bridgehead atoms. The molecule has 5 heterocycles. The second kappa shape index (κ2) is 9.55. The highest BCUT2D eigenvalue weighted by Crippen LogP contribution is 2.43. The van der Waals surface area contributed by atoms with E-state index >= 15 is 0 Å². The molecule has 3 aromatic rings. The number of rotatable bonds is 7. The number of ether oxygens (including phenoxy) is 5. The number of amides is 1. The van der Waals surface area contributed by atoms with Gasteiger partial charge in [0.2, 0.25) is 0 Å². The van der Waals surface area contributed by atoms with Gasteiger partial charge in [-0.2, -0.15) is 0 Å². The molecular weight excluding hydrogens is 515 g/mol. The molecule has 1 aromatic carbocycles. The number of cyclic esters (lactones) is 1. The van der Waals surface area contributed by atoms with Gasteiger partial charge in [-0.15, -0.1) is 0 Å². The quantitative estimate of drug-likeness (QED) is 0.412. The maximum Gasteiger partial charge on any atom is 0.342 e. The number of nitrogen functional groups attached to an aromatic ring is 1. The summed E-state index contributed by atoms with van der Waals surface area (Å²) in [7, 11) is 0. The number of hydrogen-bond donors (Lipinski definition) is 2. The largest absolute Gasteiger partial charge is 0.484 e. The molecule has 1 amide bonds. The number of fused-ring (bicyclic) bond motifs is 2. The zero-order chi connectivity index (χ0) is 27.3. The van der Waals surface area contributed by atoms with E-state index in [9.17, 15) is 14.0 Å². The molecule has 0 radical (unpaired) electrons. The molecule has 2 aromatic heterocycles. The van der Waals surface area contributed by atoms with Crippen LogP contribution < -0.4 is 11.1 Å². The van der Waals surface area contributed by atoms with Crippen LogP contribution in [0.5, 0.6) is 0 Å². The Bertz CT molecular complexity index is 1470. The number of anilines is 1. The Morgan fingerprint density at radius 2 is 1.97 bits per heavy atom. The average molecular weight is 541 g/mol. The van der Waals surface area contributed by atoms with Gasteiger partial charge in [0.25, 0.3) is 5.91 Å². The van der Waals surface area contributed by atoms with Crippen LogP contribution in [0.3, 0.4) is 0 Å². The molecule has 4 atom stereocenters. The van der Waals surface area contributed by atoms with Crippen LogP contribution in [0.2, 0.25) is 0 Å². The van der Waals surface area contributed by atoms with Crippen molar-refractivity contribution >= 4 is 34.4 Å². The Morgan fingerprint density at radius 3 is 2.77 bits per heavy atom. The van der Waals surface area contributed by atoms with Crippen molar-refractivity contribution in [1.29, 1.82) is 0 Å². The molecule has 2 saturated heterocycles. The summed E-state index contributed by atoms with van der Waals surface area (Å²) in [6.45, 7) is 3.21. The van der Waals surface area contributed by atoms with Gasteiger partial charge in [-0.1, -0.05) is 12.1 Å². The average Bonchev–Trinajstić information content (AvgIpc) is 3.64. The van der Waals surface area contributed by atoms with Crippen molar-refractivity contribution in [2.45, 2.75) is 44.2 Å². The maximum atomic E-state index is 13.3. The first-order chi connectivity index (χ1) is 18.7. The Kier molecular flexibility index (Phi) is 6.16. The molecule has 3 aliphatic heterocycles. The number of carbonyl (C=O) groups excluding carboxylic acids is 2. The summed E-state index contributed by atoms with van der Waals surface area (Å²) in [4.78, 5) is 37.4. The van der Waals surface area contributed by atoms with E-state index in [0.29, 0.717) is 16.7 Å². The minimum Gasteiger partial charge on any atom is -0.484 e. The zero-order valence-electron chi connectivity index (χ0n) is 21.0. The van der Waals surface area contributed by atoms with Crippen LogP contribution in [0.25, 0.3) is 16.7 Å². The lowest BCUT2D eigenvalue weighted by Gasteiger charge is -2.25. The number of esters is 1. The monoisotopic (exact) mass is 540 g/mol. The third kappa shape index (κ3) is 4.66. The standard InChI is InChI=1S/C25H25FN6O7/c1-25(2)38-19-14(37-23(20(19)39-25)32-11-31-18-21(27)29-10-30-22(18)32)7-28-16(33)9-35-15-8-36-24(34)17(15)12-3-5-13(26)6-4-12/h3-6,10-11,14,19-20,23H,7-9H2,1-2H3,(H,28,33)(H2,27,29,30)/t14-,19-,20-,23-/m1/s1.